The SMILES string of the molecule is NS(=O)(=O)C1CC(=O)N(CCOCCOCCO)C1. The van der Waals surface area contributed by atoms with Crippen molar-refractivity contribution in [2.45, 2.75) is 11.7 Å². The molecule has 1 atom stereocenters. The summed E-state index contributed by atoms with van der Waals surface area (Å²) < 4.78 is 32.5. The second-order valence-corrected chi connectivity index (χ2v) is 6.05. The number of carbonyl (C=O) groups is 1. The fourth-order valence-electron chi connectivity index (χ4n) is 1.73. The maximum absolute atomic E-state index is 11.5. The second-order valence-electron chi connectivity index (χ2n) is 4.20. The summed E-state index contributed by atoms with van der Waals surface area (Å²) >= 11 is 0. The minimum atomic E-state index is -3.66. The van der Waals surface area contributed by atoms with E-state index in [1.165, 1.54) is 4.90 Å². The summed E-state index contributed by atoms with van der Waals surface area (Å²) in [4.78, 5) is 13.0. The van der Waals surface area contributed by atoms with E-state index in [1.807, 2.05) is 0 Å². The van der Waals surface area contributed by atoms with Crippen LogP contribution in [0.15, 0.2) is 0 Å². The van der Waals surface area contributed by atoms with Gasteiger partial charge in [-0.1, -0.05) is 0 Å². The van der Waals surface area contributed by atoms with Crippen LogP contribution < -0.4 is 5.14 Å². The molecular weight excluding hydrogens is 276 g/mol. The van der Waals surface area contributed by atoms with E-state index in [0.717, 1.165) is 0 Å². The first-order valence-corrected chi connectivity index (χ1v) is 7.62. The highest BCUT2D eigenvalue weighted by atomic mass is 32.2. The molecule has 1 fully saturated rings. The van der Waals surface area contributed by atoms with Crippen LogP contribution in [0.1, 0.15) is 6.42 Å². The highest BCUT2D eigenvalue weighted by molar-refractivity contribution is 7.89. The lowest BCUT2D eigenvalue weighted by Crippen LogP contribution is -2.33. The highest BCUT2D eigenvalue weighted by Crippen LogP contribution is 2.15. The number of amides is 1. The van der Waals surface area contributed by atoms with Gasteiger partial charge < -0.3 is 19.5 Å². The van der Waals surface area contributed by atoms with Crippen molar-refractivity contribution in [3.63, 3.8) is 0 Å². The zero-order chi connectivity index (χ0) is 14.3. The van der Waals surface area contributed by atoms with Crippen LogP contribution >= 0.6 is 0 Å². The minimum Gasteiger partial charge on any atom is -0.394 e. The molecule has 1 rings (SSSR count). The molecule has 0 aliphatic carbocycles. The standard InChI is InChI=1S/C10H20N2O6S/c11-19(15,16)9-7-10(14)12(8-9)1-3-17-5-6-18-4-2-13/h9,13H,1-8H2,(H2,11,15,16). The fourth-order valence-corrected chi connectivity index (χ4v) is 2.50. The van der Waals surface area contributed by atoms with Gasteiger partial charge in [0.25, 0.3) is 0 Å². The molecule has 112 valence electrons. The maximum Gasteiger partial charge on any atom is 0.224 e. The van der Waals surface area contributed by atoms with Gasteiger partial charge in [0.1, 0.15) is 5.25 Å². The fraction of sp³-hybridized carbons (Fsp3) is 0.900. The molecule has 1 aliphatic heterocycles. The van der Waals surface area contributed by atoms with Gasteiger partial charge in [0.2, 0.25) is 15.9 Å². The van der Waals surface area contributed by atoms with E-state index in [0.29, 0.717) is 26.4 Å². The molecule has 1 saturated heterocycles. The Morgan fingerprint density at radius 1 is 1.26 bits per heavy atom. The summed E-state index contributed by atoms with van der Waals surface area (Å²) in [6.45, 7) is 1.74. The van der Waals surface area contributed by atoms with Crippen molar-refractivity contribution in [2.24, 2.45) is 5.14 Å². The third-order valence-electron chi connectivity index (χ3n) is 2.76. The summed E-state index contributed by atoms with van der Waals surface area (Å²) in [6.07, 6.45) is -0.0571. The molecule has 0 aromatic carbocycles. The number of hydrogen-bond donors (Lipinski definition) is 2. The predicted molar refractivity (Wildman–Crippen MR) is 66.8 cm³/mol. The summed E-state index contributed by atoms with van der Waals surface area (Å²) in [5, 5.41) is 12.7. The third-order valence-corrected chi connectivity index (χ3v) is 4.00. The van der Waals surface area contributed by atoms with Gasteiger partial charge in [0.15, 0.2) is 0 Å². The van der Waals surface area contributed by atoms with Crippen molar-refractivity contribution in [3.8, 4) is 0 Å². The smallest absolute Gasteiger partial charge is 0.224 e. The molecule has 19 heavy (non-hydrogen) atoms. The normalized spacial score (nSPS) is 20.2. The van der Waals surface area contributed by atoms with Crippen molar-refractivity contribution in [1.29, 1.82) is 0 Å². The van der Waals surface area contributed by atoms with Crippen molar-refractivity contribution in [1.82, 2.24) is 4.90 Å². The molecule has 1 amide bonds. The van der Waals surface area contributed by atoms with E-state index in [1.54, 1.807) is 0 Å². The Hall–Kier alpha value is -0.740. The number of primary sulfonamides is 1. The first-order chi connectivity index (χ1) is 8.95. The Morgan fingerprint density at radius 2 is 1.89 bits per heavy atom. The van der Waals surface area contributed by atoms with Gasteiger partial charge in [0, 0.05) is 19.5 Å². The summed E-state index contributed by atoms with van der Waals surface area (Å²) in [5.41, 5.74) is 0. The molecule has 1 aliphatic rings. The van der Waals surface area contributed by atoms with Crippen molar-refractivity contribution >= 4 is 15.9 Å². The maximum atomic E-state index is 11.5. The molecule has 0 aromatic rings. The Bertz CT molecular complexity index is 385. The third kappa shape index (κ3) is 5.83. The number of sulfonamides is 1. The van der Waals surface area contributed by atoms with Gasteiger partial charge in [-0.05, 0) is 0 Å². The van der Waals surface area contributed by atoms with Crippen molar-refractivity contribution in [2.75, 3.05) is 46.1 Å². The number of rotatable bonds is 9. The quantitative estimate of drug-likeness (QED) is 0.470. The number of carbonyl (C=O) groups excluding carboxylic acids is 1. The van der Waals surface area contributed by atoms with Gasteiger partial charge >= 0.3 is 0 Å². The van der Waals surface area contributed by atoms with E-state index in [9.17, 15) is 13.2 Å². The van der Waals surface area contributed by atoms with Crippen LogP contribution in [0.2, 0.25) is 0 Å². The molecule has 0 aromatic heterocycles. The molecule has 1 heterocycles. The van der Waals surface area contributed by atoms with Crippen molar-refractivity contribution in [3.05, 3.63) is 0 Å². The number of hydrogen-bond acceptors (Lipinski definition) is 6. The molecule has 0 bridgehead atoms. The topological polar surface area (TPSA) is 119 Å². The molecule has 0 saturated carbocycles. The van der Waals surface area contributed by atoms with E-state index >= 15 is 0 Å². The Morgan fingerprint density at radius 3 is 2.42 bits per heavy atom. The van der Waals surface area contributed by atoms with E-state index in [4.69, 9.17) is 19.7 Å². The van der Waals surface area contributed by atoms with Crippen LogP contribution in [0.3, 0.4) is 0 Å². The molecule has 3 N–H and O–H groups in total. The zero-order valence-corrected chi connectivity index (χ0v) is 11.5. The number of aliphatic hydroxyl groups is 1. The number of nitrogens with two attached hydrogens (primary N) is 1. The van der Waals surface area contributed by atoms with Crippen LogP contribution in [-0.4, -0.2) is 75.7 Å². The highest BCUT2D eigenvalue weighted by Gasteiger charge is 2.35. The molecule has 0 radical (unpaired) electrons. The number of likely N-dealkylation sites (tertiary alicyclic amines) is 1. The van der Waals surface area contributed by atoms with Gasteiger partial charge in [-0.15, -0.1) is 0 Å². The van der Waals surface area contributed by atoms with Crippen LogP contribution in [0.4, 0.5) is 0 Å². The van der Waals surface area contributed by atoms with Crippen LogP contribution in [0, 0.1) is 0 Å². The predicted octanol–water partition coefficient (Wildman–Crippen LogP) is -2.10. The van der Waals surface area contributed by atoms with Crippen LogP contribution in [-0.2, 0) is 24.3 Å². The molecule has 0 spiro atoms. The second kappa shape index (κ2) is 7.75. The lowest BCUT2D eigenvalue weighted by atomic mass is 10.4. The monoisotopic (exact) mass is 296 g/mol. The van der Waals surface area contributed by atoms with E-state index in [-0.39, 0.29) is 32.1 Å². The average Bonchev–Trinajstić information content (AvgIpc) is 2.70. The number of aliphatic hydroxyl groups excluding tert-OH is 1. The van der Waals surface area contributed by atoms with E-state index in [2.05, 4.69) is 0 Å². The van der Waals surface area contributed by atoms with Crippen LogP contribution in [0.25, 0.3) is 0 Å². The van der Waals surface area contributed by atoms with Gasteiger partial charge in [-0.25, -0.2) is 13.6 Å². The molecular formula is C10H20N2O6S. The zero-order valence-electron chi connectivity index (χ0n) is 10.7. The van der Waals surface area contributed by atoms with Crippen molar-refractivity contribution < 1.29 is 27.8 Å². The Kier molecular flexibility index (Phi) is 6.66. The first kappa shape index (κ1) is 16.3. The molecule has 1 unspecified atom stereocenters. The lowest BCUT2D eigenvalue weighted by molar-refractivity contribution is -0.128. The molecule has 9 heteroatoms. The molecule has 8 nitrogen and oxygen atoms in total. The number of ether oxygens (including phenoxy) is 2. The van der Waals surface area contributed by atoms with Gasteiger partial charge in [-0.2, -0.15) is 0 Å². The van der Waals surface area contributed by atoms with Gasteiger partial charge in [-0.3, -0.25) is 4.79 Å². The summed E-state index contributed by atoms with van der Waals surface area (Å²) in [6, 6.07) is 0. The minimum absolute atomic E-state index is 0.0305. The van der Waals surface area contributed by atoms with Gasteiger partial charge in [0.05, 0.1) is 33.0 Å². The van der Waals surface area contributed by atoms with E-state index < -0.39 is 15.3 Å². The summed E-state index contributed by atoms with van der Waals surface area (Å²) in [5.74, 6) is -0.223. The summed E-state index contributed by atoms with van der Waals surface area (Å²) in [7, 11) is -3.66. The average molecular weight is 296 g/mol. The largest absolute Gasteiger partial charge is 0.394 e. The lowest BCUT2D eigenvalue weighted by Gasteiger charge is -2.16. The van der Waals surface area contributed by atoms with Crippen LogP contribution in [0.5, 0.6) is 0 Å². The number of nitrogens with zero attached hydrogens (tertiary/aromatic N) is 1. The Balaban J connectivity index is 2.15. The first-order valence-electron chi connectivity index (χ1n) is 6.01. The Labute approximate surface area is 112 Å².